The number of hydrogen-bond donors (Lipinski definition) is 1. The molecule has 0 unspecified atom stereocenters. The maximum Gasteiger partial charge on any atom is 0.335 e. The highest BCUT2D eigenvalue weighted by molar-refractivity contribution is 6.41. The molecule has 0 saturated carbocycles. The van der Waals surface area contributed by atoms with Crippen LogP contribution in [0.25, 0.3) is 11.3 Å². The highest BCUT2D eigenvalue weighted by Crippen LogP contribution is 2.34. The first-order valence-electron chi connectivity index (χ1n) is 9.41. The predicted molar refractivity (Wildman–Crippen MR) is 114 cm³/mol. The second-order valence-electron chi connectivity index (χ2n) is 7.02. The number of benzene rings is 2. The summed E-state index contributed by atoms with van der Waals surface area (Å²) in [7, 11) is 1.50. The Morgan fingerprint density at radius 1 is 1.10 bits per heavy atom. The molecule has 0 atom stereocenters. The number of rotatable bonds is 5. The van der Waals surface area contributed by atoms with Gasteiger partial charge >= 0.3 is 5.97 Å². The summed E-state index contributed by atoms with van der Waals surface area (Å²) >= 11 is 12.7. The lowest BCUT2D eigenvalue weighted by Crippen LogP contribution is -2.17. The number of carbonyl (C=O) groups is 2. The standard InChI is InChI=1S/C22H18Cl2N2O4/c1-30-14-10-15(23)18(16(24)11-14)20(27)21-25-19(17-4-2-3-9-26(17)21)12-5-7-13(8-6-12)22(28)29/h5-8,10-11H,2-4,9H2,1H3,(H,28,29). The van der Waals surface area contributed by atoms with Gasteiger partial charge in [-0.25, -0.2) is 9.78 Å². The second kappa shape index (κ2) is 8.13. The van der Waals surface area contributed by atoms with Crippen molar-refractivity contribution >= 4 is 35.0 Å². The first-order valence-corrected chi connectivity index (χ1v) is 10.2. The Kier molecular flexibility index (Phi) is 5.54. The van der Waals surface area contributed by atoms with E-state index >= 15 is 0 Å². The fraction of sp³-hybridized carbons (Fsp3) is 0.227. The van der Waals surface area contributed by atoms with Crippen LogP contribution in [0.3, 0.4) is 0 Å². The maximum absolute atomic E-state index is 13.4. The number of carbonyl (C=O) groups excluding carboxylic acids is 1. The minimum absolute atomic E-state index is 0.185. The third kappa shape index (κ3) is 3.57. The molecule has 2 aromatic carbocycles. The van der Waals surface area contributed by atoms with Crippen molar-refractivity contribution in [2.45, 2.75) is 25.8 Å². The molecule has 0 fully saturated rings. The number of aromatic nitrogens is 2. The normalized spacial score (nSPS) is 13.0. The van der Waals surface area contributed by atoms with E-state index < -0.39 is 5.97 Å². The molecule has 4 rings (SSSR count). The molecule has 0 radical (unpaired) electrons. The highest BCUT2D eigenvalue weighted by Gasteiger charge is 2.28. The van der Waals surface area contributed by atoms with Gasteiger partial charge in [-0.05, 0) is 43.5 Å². The Labute approximate surface area is 183 Å². The van der Waals surface area contributed by atoms with Gasteiger partial charge in [0.05, 0.1) is 34.0 Å². The van der Waals surface area contributed by atoms with Crippen LogP contribution < -0.4 is 4.74 Å². The number of hydrogen-bond acceptors (Lipinski definition) is 4. The molecule has 8 heteroatoms. The van der Waals surface area contributed by atoms with Gasteiger partial charge in [0.1, 0.15) is 5.75 Å². The SMILES string of the molecule is COc1cc(Cl)c(C(=O)c2nc(-c3ccc(C(=O)O)cc3)c3n2CCCC3)c(Cl)c1. The van der Waals surface area contributed by atoms with E-state index in [1.54, 1.807) is 24.3 Å². The van der Waals surface area contributed by atoms with Gasteiger partial charge in [-0.3, -0.25) is 4.79 Å². The van der Waals surface area contributed by atoms with Crippen LogP contribution in [-0.4, -0.2) is 33.5 Å². The minimum Gasteiger partial charge on any atom is -0.497 e. The molecule has 154 valence electrons. The Bertz CT molecular complexity index is 1130. The van der Waals surface area contributed by atoms with Crippen LogP contribution in [0.4, 0.5) is 0 Å². The van der Waals surface area contributed by atoms with Crippen molar-refractivity contribution in [1.82, 2.24) is 9.55 Å². The Hall–Kier alpha value is -2.83. The van der Waals surface area contributed by atoms with Gasteiger partial charge in [-0.1, -0.05) is 35.3 Å². The molecule has 0 amide bonds. The molecule has 0 bridgehead atoms. The fourth-order valence-corrected chi connectivity index (χ4v) is 4.35. The van der Waals surface area contributed by atoms with Gasteiger partial charge < -0.3 is 14.4 Å². The van der Waals surface area contributed by atoms with Crippen molar-refractivity contribution in [3.8, 4) is 17.0 Å². The number of carboxylic acids is 1. The average molecular weight is 445 g/mol. The number of nitrogens with zero attached hydrogens (tertiary/aromatic N) is 2. The van der Waals surface area contributed by atoms with Crippen molar-refractivity contribution in [3.63, 3.8) is 0 Å². The Morgan fingerprint density at radius 2 is 1.77 bits per heavy atom. The number of aromatic carboxylic acids is 1. The van der Waals surface area contributed by atoms with Crippen LogP contribution in [0.1, 0.15) is 45.1 Å². The van der Waals surface area contributed by atoms with E-state index in [1.165, 1.54) is 19.2 Å². The molecule has 3 aromatic rings. The Balaban J connectivity index is 1.82. The van der Waals surface area contributed by atoms with E-state index in [9.17, 15) is 9.59 Å². The van der Waals surface area contributed by atoms with Crippen LogP contribution in [0.5, 0.6) is 5.75 Å². The second-order valence-corrected chi connectivity index (χ2v) is 7.83. The summed E-state index contributed by atoms with van der Waals surface area (Å²) in [4.78, 5) is 29.2. The van der Waals surface area contributed by atoms with Crippen LogP contribution in [-0.2, 0) is 13.0 Å². The lowest BCUT2D eigenvalue weighted by molar-refractivity contribution is 0.0696. The molecule has 6 nitrogen and oxygen atoms in total. The number of methoxy groups -OCH3 is 1. The monoisotopic (exact) mass is 444 g/mol. The summed E-state index contributed by atoms with van der Waals surface area (Å²) in [6, 6.07) is 9.58. The van der Waals surface area contributed by atoms with Gasteiger partial charge in [0, 0.05) is 17.8 Å². The largest absolute Gasteiger partial charge is 0.497 e. The first kappa shape index (κ1) is 20.4. The molecular weight excluding hydrogens is 427 g/mol. The number of fused-ring (bicyclic) bond motifs is 1. The van der Waals surface area contributed by atoms with E-state index in [-0.39, 0.29) is 32.8 Å². The third-order valence-electron chi connectivity index (χ3n) is 5.20. The van der Waals surface area contributed by atoms with Crippen molar-refractivity contribution in [2.24, 2.45) is 0 Å². The third-order valence-corrected chi connectivity index (χ3v) is 5.80. The molecule has 1 N–H and O–H groups in total. The van der Waals surface area contributed by atoms with Crippen LogP contribution in [0, 0.1) is 0 Å². The number of ether oxygens (including phenoxy) is 1. The Morgan fingerprint density at radius 3 is 2.37 bits per heavy atom. The maximum atomic E-state index is 13.4. The molecule has 1 aromatic heterocycles. The van der Waals surface area contributed by atoms with E-state index in [2.05, 4.69) is 4.98 Å². The van der Waals surface area contributed by atoms with E-state index in [0.717, 1.165) is 30.5 Å². The average Bonchev–Trinajstić information content (AvgIpc) is 3.13. The van der Waals surface area contributed by atoms with Crippen molar-refractivity contribution in [2.75, 3.05) is 7.11 Å². The first-order chi connectivity index (χ1) is 14.4. The highest BCUT2D eigenvalue weighted by atomic mass is 35.5. The van der Waals surface area contributed by atoms with Crippen LogP contribution in [0.15, 0.2) is 36.4 Å². The van der Waals surface area contributed by atoms with Crippen molar-refractivity contribution < 1.29 is 19.4 Å². The zero-order chi connectivity index (χ0) is 21.4. The van der Waals surface area contributed by atoms with E-state index in [1.807, 2.05) is 4.57 Å². The number of halogens is 2. The molecular formula is C22H18Cl2N2O4. The minimum atomic E-state index is -0.993. The van der Waals surface area contributed by atoms with Crippen molar-refractivity contribution in [3.05, 3.63) is 69.1 Å². The van der Waals surface area contributed by atoms with Crippen LogP contribution in [0.2, 0.25) is 10.0 Å². The number of ketones is 1. The predicted octanol–water partition coefficient (Wildman–Crippen LogP) is 5.13. The lowest BCUT2D eigenvalue weighted by atomic mass is 10.0. The van der Waals surface area contributed by atoms with E-state index in [4.69, 9.17) is 33.0 Å². The molecule has 2 heterocycles. The summed E-state index contributed by atoms with van der Waals surface area (Å²) in [6.45, 7) is 0.669. The molecule has 1 aliphatic rings. The van der Waals surface area contributed by atoms with Gasteiger partial charge in [0.25, 0.3) is 0 Å². The van der Waals surface area contributed by atoms with E-state index in [0.29, 0.717) is 18.0 Å². The number of carboxylic acid groups (broad SMARTS) is 1. The molecule has 0 aliphatic carbocycles. The summed E-state index contributed by atoms with van der Waals surface area (Å²) in [6.07, 6.45) is 2.70. The number of imidazole rings is 1. The zero-order valence-corrected chi connectivity index (χ0v) is 17.6. The van der Waals surface area contributed by atoms with Gasteiger partial charge in [0.15, 0.2) is 5.82 Å². The van der Waals surface area contributed by atoms with Gasteiger partial charge in [-0.2, -0.15) is 0 Å². The van der Waals surface area contributed by atoms with Crippen molar-refractivity contribution in [1.29, 1.82) is 0 Å². The summed E-state index contributed by atoms with van der Waals surface area (Å²) in [5.41, 5.74) is 2.77. The fourth-order valence-electron chi connectivity index (χ4n) is 3.71. The molecule has 0 spiro atoms. The summed E-state index contributed by atoms with van der Waals surface area (Å²) < 4.78 is 7.07. The molecule has 1 aliphatic heterocycles. The zero-order valence-electron chi connectivity index (χ0n) is 16.1. The quantitative estimate of drug-likeness (QED) is 0.551. The van der Waals surface area contributed by atoms with Crippen LogP contribution >= 0.6 is 23.2 Å². The summed E-state index contributed by atoms with van der Waals surface area (Å²) in [5, 5.41) is 9.53. The topological polar surface area (TPSA) is 81.4 Å². The molecule has 30 heavy (non-hydrogen) atoms. The van der Waals surface area contributed by atoms with Gasteiger partial charge in [-0.15, -0.1) is 0 Å². The van der Waals surface area contributed by atoms with Gasteiger partial charge in [0.2, 0.25) is 5.78 Å². The molecule has 0 saturated heterocycles. The summed E-state index contributed by atoms with van der Waals surface area (Å²) in [5.74, 6) is -0.612. The smallest absolute Gasteiger partial charge is 0.335 e. The lowest BCUT2D eigenvalue weighted by Gasteiger charge is -2.17.